The molecule has 1 fully saturated rings. The van der Waals surface area contributed by atoms with E-state index in [9.17, 15) is 9.59 Å². The zero-order chi connectivity index (χ0) is 15.8. The highest BCUT2D eigenvalue weighted by Gasteiger charge is 2.41. The molecule has 0 aliphatic carbocycles. The molecule has 118 valence electrons. The summed E-state index contributed by atoms with van der Waals surface area (Å²) in [5.74, 6) is -0.0974. The first-order valence-corrected chi connectivity index (χ1v) is 7.64. The summed E-state index contributed by atoms with van der Waals surface area (Å²) in [6, 6.07) is 9.27. The van der Waals surface area contributed by atoms with E-state index in [0.29, 0.717) is 13.0 Å². The van der Waals surface area contributed by atoms with Crippen molar-refractivity contribution in [2.45, 2.75) is 25.0 Å². The monoisotopic (exact) mass is 311 g/mol. The summed E-state index contributed by atoms with van der Waals surface area (Å²) in [6.07, 6.45) is 4.01. The van der Waals surface area contributed by atoms with Crippen molar-refractivity contribution in [3.8, 4) is 0 Å². The van der Waals surface area contributed by atoms with Gasteiger partial charge in [-0.25, -0.2) is 0 Å². The zero-order valence-electron chi connectivity index (χ0n) is 12.5. The molecule has 0 radical (unpaired) electrons. The average Bonchev–Trinajstić information content (AvgIpc) is 3.17. The lowest BCUT2D eigenvalue weighted by atomic mass is 10.1. The molecule has 7 heteroatoms. The van der Waals surface area contributed by atoms with Crippen LogP contribution in [0.2, 0.25) is 0 Å². The first-order valence-electron chi connectivity index (χ1n) is 7.64. The first-order chi connectivity index (χ1) is 11.2. The van der Waals surface area contributed by atoms with E-state index in [0.717, 1.165) is 11.4 Å². The van der Waals surface area contributed by atoms with Gasteiger partial charge in [0.15, 0.2) is 0 Å². The summed E-state index contributed by atoms with van der Waals surface area (Å²) in [5, 5.41) is 9.96. The van der Waals surface area contributed by atoms with Crippen LogP contribution < -0.4 is 15.5 Å². The lowest BCUT2D eigenvalue weighted by molar-refractivity contribution is -0.122. The fourth-order valence-corrected chi connectivity index (χ4v) is 3.32. The number of nitrogens with one attached hydrogen (secondary N) is 2. The number of para-hydroxylation sites is 2. The molecule has 2 aliphatic rings. The average molecular weight is 311 g/mol. The van der Waals surface area contributed by atoms with Crippen LogP contribution in [0.25, 0.3) is 0 Å². The largest absolute Gasteiger partial charge is 0.356 e. The number of amides is 2. The molecule has 2 aromatic rings. The Morgan fingerprint density at radius 3 is 3.04 bits per heavy atom. The van der Waals surface area contributed by atoms with Crippen LogP contribution >= 0.6 is 0 Å². The van der Waals surface area contributed by atoms with Crippen molar-refractivity contribution in [2.24, 2.45) is 0 Å². The summed E-state index contributed by atoms with van der Waals surface area (Å²) in [7, 11) is 0. The highest BCUT2D eigenvalue weighted by molar-refractivity contribution is 6.04. The molecule has 1 aromatic heterocycles. The Kier molecular flexibility index (Phi) is 3.25. The Morgan fingerprint density at radius 2 is 2.22 bits per heavy atom. The fourth-order valence-electron chi connectivity index (χ4n) is 3.32. The van der Waals surface area contributed by atoms with Crippen LogP contribution in [-0.2, 0) is 16.1 Å². The Labute approximate surface area is 133 Å². The number of carbonyl (C=O) groups is 2. The van der Waals surface area contributed by atoms with Crippen molar-refractivity contribution in [1.82, 2.24) is 15.1 Å². The number of nitrogens with zero attached hydrogens (tertiary/aromatic N) is 3. The quantitative estimate of drug-likeness (QED) is 0.870. The molecule has 0 bridgehead atoms. The third-order valence-corrected chi connectivity index (χ3v) is 4.30. The van der Waals surface area contributed by atoms with E-state index in [-0.39, 0.29) is 30.4 Å². The van der Waals surface area contributed by atoms with Gasteiger partial charge in [0.1, 0.15) is 12.6 Å². The predicted molar refractivity (Wildman–Crippen MR) is 85.0 cm³/mol. The lowest BCUT2D eigenvalue weighted by Gasteiger charge is -2.32. The Balaban J connectivity index is 1.46. The zero-order valence-corrected chi connectivity index (χ0v) is 12.5. The minimum atomic E-state index is -0.222. The van der Waals surface area contributed by atoms with Crippen molar-refractivity contribution >= 4 is 23.2 Å². The maximum Gasteiger partial charge on any atom is 0.247 e. The molecule has 0 saturated carbocycles. The van der Waals surface area contributed by atoms with Crippen molar-refractivity contribution < 1.29 is 9.59 Å². The SMILES string of the molecule is O=C(Cn1cccn1)NC1CC2C(=O)Nc3ccccc3N2C1. The van der Waals surface area contributed by atoms with Gasteiger partial charge in [0.05, 0.1) is 11.4 Å². The third-order valence-electron chi connectivity index (χ3n) is 4.30. The lowest BCUT2D eigenvalue weighted by Crippen LogP contribution is -2.44. The second-order valence-electron chi connectivity index (χ2n) is 5.88. The maximum absolute atomic E-state index is 12.2. The van der Waals surface area contributed by atoms with Crippen molar-refractivity contribution in [3.63, 3.8) is 0 Å². The number of hydrogen-bond acceptors (Lipinski definition) is 4. The molecule has 2 amide bonds. The van der Waals surface area contributed by atoms with Crippen LogP contribution in [0, 0.1) is 0 Å². The number of anilines is 2. The molecule has 2 aliphatic heterocycles. The third kappa shape index (κ3) is 2.54. The smallest absolute Gasteiger partial charge is 0.247 e. The summed E-state index contributed by atoms with van der Waals surface area (Å²) in [4.78, 5) is 26.4. The summed E-state index contributed by atoms with van der Waals surface area (Å²) in [6.45, 7) is 0.830. The van der Waals surface area contributed by atoms with Gasteiger partial charge < -0.3 is 15.5 Å². The molecule has 2 atom stereocenters. The van der Waals surface area contributed by atoms with Gasteiger partial charge in [0.25, 0.3) is 0 Å². The van der Waals surface area contributed by atoms with Crippen molar-refractivity contribution in [3.05, 3.63) is 42.7 Å². The van der Waals surface area contributed by atoms with Gasteiger partial charge in [-0.15, -0.1) is 0 Å². The van der Waals surface area contributed by atoms with Crippen LogP contribution in [-0.4, -0.2) is 40.2 Å². The van der Waals surface area contributed by atoms with Crippen LogP contribution in [0.15, 0.2) is 42.7 Å². The summed E-state index contributed by atoms with van der Waals surface area (Å²) >= 11 is 0. The standard InChI is InChI=1S/C16H17N5O2/c22-15(10-20-7-3-6-17-20)18-11-8-14-16(23)19-12-4-1-2-5-13(12)21(14)9-11/h1-7,11,14H,8-10H2,(H,18,22)(H,19,23). The number of carbonyl (C=O) groups excluding carboxylic acids is 2. The molecule has 0 spiro atoms. The Hall–Kier alpha value is -2.83. The fraction of sp³-hybridized carbons (Fsp3) is 0.312. The van der Waals surface area contributed by atoms with E-state index < -0.39 is 0 Å². The molecule has 7 nitrogen and oxygen atoms in total. The van der Waals surface area contributed by atoms with Gasteiger partial charge in [-0.05, 0) is 24.6 Å². The van der Waals surface area contributed by atoms with Crippen LogP contribution in [0.5, 0.6) is 0 Å². The topological polar surface area (TPSA) is 79.3 Å². The van der Waals surface area contributed by atoms with Crippen molar-refractivity contribution in [1.29, 1.82) is 0 Å². The van der Waals surface area contributed by atoms with Crippen LogP contribution in [0.1, 0.15) is 6.42 Å². The van der Waals surface area contributed by atoms with E-state index in [4.69, 9.17) is 0 Å². The molecule has 1 aromatic carbocycles. The number of fused-ring (bicyclic) bond motifs is 3. The number of rotatable bonds is 3. The maximum atomic E-state index is 12.2. The first kappa shape index (κ1) is 13.8. The number of aromatic nitrogens is 2. The summed E-state index contributed by atoms with van der Waals surface area (Å²) in [5.41, 5.74) is 1.85. The molecule has 3 heterocycles. The van der Waals surface area contributed by atoms with E-state index in [1.165, 1.54) is 0 Å². The van der Waals surface area contributed by atoms with E-state index in [1.807, 2.05) is 24.3 Å². The van der Waals surface area contributed by atoms with Crippen LogP contribution in [0.3, 0.4) is 0 Å². The molecule has 1 saturated heterocycles. The Bertz CT molecular complexity index is 743. The Morgan fingerprint density at radius 1 is 1.35 bits per heavy atom. The molecule has 2 N–H and O–H groups in total. The normalized spacial score (nSPS) is 22.3. The van der Waals surface area contributed by atoms with Gasteiger partial charge in [-0.3, -0.25) is 14.3 Å². The van der Waals surface area contributed by atoms with Crippen molar-refractivity contribution in [2.75, 3.05) is 16.8 Å². The molecule has 4 rings (SSSR count). The summed E-state index contributed by atoms with van der Waals surface area (Å²) < 4.78 is 1.58. The minimum Gasteiger partial charge on any atom is -0.356 e. The van der Waals surface area contributed by atoms with E-state index in [2.05, 4.69) is 20.6 Å². The van der Waals surface area contributed by atoms with E-state index >= 15 is 0 Å². The van der Waals surface area contributed by atoms with Gasteiger partial charge in [-0.2, -0.15) is 5.10 Å². The second-order valence-corrected chi connectivity index (χ2v) is 5.88. The minimum absolute atomic E-state index is 0.00692. The molecular weight excluding hydrogens is 294 g/mol. The highest BCUT2D eigenvalue weighted by atomic mass is 16.2. The van der Waals surface area contributed by atoms with Crippen LogP contribution in [0.4, 0.5) is 11.4 Å². The van der Waals surface area contributed by atoms with Gasteiger partial charge in [0.2, 0.25) is 11.8 Å². The van der Waals surface area contributed by atoms with E-state index in [1.54, 1.807) is 23.1 Å². The highest BCUT2D eigenvalue weighted by Crippen LogP contribution is 2.36. The van der Waals surface area contributed by atoms with Gasteiger partial charge >= 0.3 is 0 Å². The predicted octanol–water partition coefficient (Wildman–Crippen LogP) is 0.599. The van der Waals surface area contributed by atoms with Gasteiger partial charge in [0, 0.05) is 25.0 Å². The van der Waals surface area contributed by atoms with Gasteiger partial charge in [-0.1, -0.05) is 12.1 Å². The number of benzene rings is 1. The molecular formula is C16H17N5O2. The molecule has 23 heavy (non-hydrogen) atoms. The number of hydrogen-bond donors (Lipinski definition) is 2. The molecule has 2 unspecified atom stereocenters. The second kappa shape index (κ2) is 5.42.